The number of aryl methyl sites for hydroxylation is 1. The highest BCUT2D eigenvalue weighted by Crippen LogP contribution is 2.30. The Morgan fingerprint density at radius 3 is 2.78 bits per heavy atom. The Bertz CT molecular complexity index is 448. The van der Waals surface area contributed by atoms with E-state index >= 15 is 0 Å². The Kier molecular flexibility index (Phi) is 3.37. The fourth-order valence-electron chi connectivity index (χ4n) is 2.59. The van der Waals surface area contributed by atoms with E-state index in [1.165, 1.54) is 0 Å². The van der Waals surface area contributed by atoms with Gasteiger partial charge < -0.3 is 15.2 Å². The Labute approximate surface area is 109 Å². The molecule has 18 heavy (non-hydrogen) atoms. The van der Waals surface area contributed by atoms with Gasteiger partial charge in [0.05, 0.1) is 5.69 Å². The summed E-state index contributed by atoms with van der Waals surface area (Å²) in [5.41, 5.74) is 7.45. The lowest BCUT2D eigenvalue weighted by Gasteiger charge is -2.20. The van der Waals surface area contributed by atoms with Gasteiger partial charge in [0.2, 0.25) is 0 Å². The number of anilines is 1. The van der Waals surface area contributed by atoms with Crippen molar-refractivity contribution in [2.45, 2.75) is 40.2 Å². The van der Waals surface area contributed by atoms with Crippen LogP contribution in [0.1, 0.15) is 44.1 Å². The molecule has 0 aromatic carbocycles. The summed E-state index contributed by atoms with van der Waals surface area (Å²) in [6.07, 6.45) is 3.93. The first-order chi connectivity index (χ1) is 8.43. The van der Waals surface area contributed by atoms with Crippen LogP contribution in [0, 0.1) is 5.41 Å². The van der Waals surface area contributed by atoms with E-state index in [9.17, 15) is 4.79 Å². The van der Waals surface area contributed by atoms with Crippen LogP contribution in [-0.4, -0.2) is 28.5 Å². The highest BCUT2D eigenvalue weighted by atomic mass is 16.2. The van der Waals surface area contributed by atoms with Crippen molar-refractivity contribution in [1.29, 1.82) is 0 Å². The monoisotopic (exact) mass is 249 g/mol. The van der Waals surface area contributed by atoms with Crippen LogP contribution in [0.25, 0.3) is 0 Å². The average Bonchev–Trinajstić information content (AvgIpc) is 2.81. The molecule has 0 aliphatic carbocycles. The lowest BCUT2D eigenvalue weighted by Crippen LogP contribution is -2.31. The molecule has 1 saturated heterocycles. The summed E-state index contributed by atoms with van der Waals surface area (Å²) in [7, 11) is 0. The fraction of sp³-hybridized carbons (Fsp3) is 0.643. The van der Waals surface area contributed by atoms with Crippen LogP contribution in [0.3, 0.4) is 0 Å². The molecule has 0 unspecified atom stereocenters. The molecule has 2 N–H and O–H groups in total. The minimum atomic E-state index is 0.116. The molecule has 1 aromatic heterocycles. The zero-order chi connectivity index (χ0) is 13.3. The quantitative estimate of drug-likeness (QED) is 0.894. The molecule has 1 aliphatic heterocycles. The molecule has 2 heterocycles. The number of amides is 1. The van der Waals surface area contributed by atoms with E-state index in [0.717, 1.165) is 38.2 Å². The first-order valence-corrected chi connectivity index (χ1v) is 6.68. The summed E-state index contributed by atoms with van der Waals surface area (Å²) in [4.78, 5) is 14.4. The van der Waals surface area contributed by atoms with Gasteiger partial charge in [-0.2, -0.15) is 0 Å². The zero-order valence-electron chi connectivity index (χ0n) is 11.6. The zero-order valence-corrected chi connectivity index (χ0v) is 11.6. The number of likely N-dealkylation sites (tertiary alicyclic amines) is 1. The molecule has 1 aliphatic rings. The van der Waals surface area contributed by atoms with Gasteiger partial charge in [-0.25, -0.2) is 0 Å². The SMILES string of the molecule is CCCn1cc(N)cc1C(=O)N1CCC(C)(C)C1. The topological polar surface area (TPSA) is 51.3 Å². The van der Waals surface area contributed by atoms with Gasteiger partial charge >= 0.3 is 0 Å². The molecule has 1 amide bonds. The maximum absolute atomic E-state index is 12.5. The van der Waals surface area contributed by atoms with E-state index < -0.39 is 0 Å². The molecule has 1 fully saturated rings. The summed E-state index contributed by atoms with van der Waals surface area (Å²) in [5, 5.41) is 0. The summed E-state index contributed by atoms with van der Waals surface area (Å²) in [6.45, 7) is 9.05. The lowest BCUT2D eigenvalue weighted by molar-refractivity contribution is 0.0767. The van der Waals surface area contributed by atoms with Crippen molar-refractivity contribution < 1.29 is 4.79 Å². The fourth-order valence-corrected chi connectivity index (χ4v) is 2.59. The van der Waals surface area contributed by atoms with Crippen LogP contribution in [0.5, 0.6) is 0 Å². The van der Waals surface area contributed by atoms with E-state index in [1.807, 2.05) is 15.7 Å². The molecule has 0 saturated carbocycles. The van der Waals surface area contributed by atoms with Crippen LogP contribution in [0.4, 0.5) is 5.69 Å². The van der Waals surface area contributed by atoms with Crippen LogP contribution in [0.2, 0.25) is 0 Å². The molecule has 1 aromatic rings. The third-order valence-corrected chi connectivity index (χ3v) is 3.57. The summed E-state index contributed by atoms with van der Waals surface area (Å²) < 4.78 is 1.98. The number of carbonyl (C=O) groups excluding carboxylic acids is 1. The first-order valence-electron chi connectivity index (χ1n) is 6.68. The minimum absolute atomic E-state index is 0.116. The normalized spacial score (nSPS) is 18.3. The van der Waals surface area contributed by atoms with E-state index in [1.54, 1.807) is 6.07 Å². The van der Waals surface area contributed by atoms with Crippen molar-refractivity contribution in [2.75, 3.05) is 18.8 Å². The number of hydrogen-bond acceptors (Lipinski definition) is 2. The molecule has 2 rings (SSSR count). The Morgan fingerprint density at radius 1 is 1.50 bits per heavy atom. The van der Waals surface area contributed by atoms with E-state index in [-0.39, 0.29) is 11.3 Å². The predicted molar refractivity (Wildman–Crippen MR) is 73.4 cm³/mol. The minimum Gasteiger partial charge on any atom is -0.397 e. The average molecular weight is 249 g/mol. The molecule has 100 valence electrons. The molecule has 0 spiro atoms. The molecule has 0 radical (unpaired) electrons. The Hall–Kier alpha value is -1.45. The maximum Gasteiger partial charge on any atom is 0.270 e. The number of carbonyl (C=O) groups is 1. The lowest BCUT2D eigenvalue weighted by atomic mass is 9.93. The molecule has 4 heteroatoms. The van der Waals surface area contributed by atoms with Gasteiger partial charge in [0.1, 0.15) is 5.69 Å². The smallest absolute Gasteiger partial charge is 0.270 e. The second-order valence-corrected chi connectivity index (χ2v) is 5.99. The standard InChI is InChI=1S/C14H23N3O/c1-4-6-16-9-11(15)8-12(16)13(18)17-7-5-14(2,3)10-17/h8-9H,4-7,10,15H2,1-3H3. The highest BCUT2D eigenvalue weighted by Gasteiger charge is 2.33. The predicted octanol–water partition coefficient (Wildman–Crippen LogP) is 2.35. The van der Waals surface area contributed by atoms with Crippen molar-refractivity contribution in [2.24, 2.45) is 5.41 Å². The number of hydrogen-bond donors (Lipinski definition) is 1. The second kappa shape index (κ2) is 4.67. The van der Waals surface area contributed by atoms with E-state index in [2.05, 4.69) is 20.8 Å². The third kappa shape index (κ3) is 2.52. The van der Waals surface area contributed by atoms with Crippen LogP contribution < -0.4 is 5.73 Å². The summed E-state index contributed by atoms with van der Waals surface area (Å²) >= 11 is 0. The third-order valence-electron chi connectivity index (χ3n) is 3.57. The van der Waals surface area contributed by atoms with Crippen molar-refractivity contribution in [3.05, 3.63) is 18.0 Å². The number of nitrogens with two attached hydrogens (primary N) is 1. The molecule has 0 bridgehead atoms. The number of aromatic nitrogens is 1. The van der Waals surface area contributed by atoms with Crippen molar-refractivity contribution in [3.63, 3.8) is 0 Å². The van der Waals surface area contributed by atoms with Crippen LogP contribution >= 0.6 is 0 Å². The highest BCUT2D eigenvalue weighted by molar-refractivity contribution is 5.94. The first kappa shape index (κ1) is 13.0. The summed E-state index contributed by atoms with van der Waals surface area (Å²) in [6, 6.07) is 1.79. The summed E-state index contributed by atoms with van der Waals surface area (Å²) in [5.74, 6) is 0.116. The van der Waals surface area contributed by atoms with Crippen molar-refractivity contribution in [1.82, 2.24) is 9.47 Å². The molecule has 0 atom stereocenters. The van der Waals surface area contributed by atoms with Gasteiger partial charge in [-0.15, -0.1) is 0 Å². The number of nitrogens with zero attached hydrogens (tertiary/aromatic N) is 2. The second-order valence-electron chi connectivity index (χ2n) is 5.99. The van der Waals surface area contributed by atoms with Gasteiger partial charge in [0.25, 0.3) is 5.91 Å². The van der Waals surface area contributed by atoms with Gasteiger partial charge in [-0.3, -0.25) is 4.79 Å². The van der Waals surface area contributed by atoms with Gasteiger partial charge in [-0.05, 0) is 24.3 Å². The molecular formula is C14H23N3O. The van der Waals surface area contributed by atoms with Crippen molar-refractivity contribution >= 4 is 11.6 Å². The molecule has 4 nitrogen and oxygen atoms in total. The maximum atomic E-state index is 12.5. The Balaban J connectivity index is 2.18. The largest absolute Gasteiger partial charge is 0.397 e. The van der Waals surface area contributed by atoms with E-state index in [0.29, 0.717) is 5.69 Å². The van der Waals surface area contributed by atoms with Crippen LogP contribution in [0.15, 0.2) is 12.3 Å². The molecular weight excluding hydrogens is 226 g/mol. The number of nitrogen functional groups attached to an aromatic ring is 1. The van der Waals surface area contributed by atoms with Gasteiger partial charge in [0, 0.05) is 25.8 Å². The van der Waals surface area contributed by atoms with Gasteiger partial charge in [0.15, 0.2) is 0 Å². The number of rotatable bonds is 3. The van der Waals surface area contributed by atoms with E-state index in [4.69, 9.17) is 5.73 Å². The van der Waals surface area contributed by atoms with Crippen molar-refractivity contribution in [3.8, 4) is 0 Å². The van der Waals surface area contributed by atoms with Gasteiger partial charge in [-0.1, -0.05) is 20.8 Å². The Morgan fingerprint density at radius 2 is 2.22 bits per heavy atom. The van der Waals surface area contributed by atoms with Crippen LogP contribution in [-0.2, 0) is 6.54 Å².